The highest BCUT2D eigenvalue weighted by Crippen LogP contribution is 2.34. The Hall–Kier alpha value is -2.73. The van der Waals surface area contributed by atoms with E-state index in [1.165, 1.54) is 36.6 Å². The third-order valence-electron chi connectivity index (χ3n) is 7.29. The predicted molar refractivity (Wildman–Crippen MR) is 160 cm³/mol. The molecule has 1 saturated heterocycles. The van der Waals surface area contributed by atoms with Crippen LogP contribution < -0.4 is 10.1 Å². The topological polar surface area (TPSA) is 49.2 Å². The van der Waals surface area contributed by atoms with E-state index in [4.69, 9.17) is 14.7 Å². The summed E-state index contributed by atoms with van der Waals surface area (Å²) in [6.45, 7) is 16.0. The van der Waals surface area contributed by atoms with Gasteiger partial charge >= 0.3 is 0 Å². The zero-order valence-corrected chi connectivity index (χ0v) is 24.2. The molecule has 1 heterocycles. The van der Waals surface area contributed by atoms with Crippen LogP contribution in [0.2, 0.25) is 0 Å². The van der Waals surface area contributed by atoms with Gasteiger partial charge in [0.2, 0.25) is 0 Å². The number of hydrogen-bond acceptors (Lipinski definition) is 5. The van der Waals surface area contributed by atoms with Crippen molar-refractivity contribution in [2.75, 3.05) is 33.3 Å². The fourth-order valence-corrected chi connectivity index (χ4v) is 5.11. The molecule has 3 rings (SSSR count). The van der Waals surface area contributed by atoms with Crippen LogP contribution in [0.4, 0.5) is 4.39 Å². The van der Waals surface area contributed by atoms with E-state index in [1.54, 1.807) is 12.1 Å². The molecule has 5 nitrogen and oxygen atoms in total. The molecule has 0 spiro atoms. The van der Waals surface area contributed by atoms with E-state index in [1.807, 2.05) is 7.05 Å². The number of ether oxygens (including phenoxy) is 1. The normalized spacial score (nSPS) is 19.3. The molecule has 2 aliphatic rings. The summed E-state index contributed by atoms with van der Waals surface area (Å²) in [6, 6.07) is 4.77. The Morgan fingerprint density at radius 2 is 1.89 bits per heavy atom. The van der Waals surface area contributed by atoms with Gasteiger partial charge in [-0.2, -0.15) is 0 Å². The van der Waals surface area contributed by atoms with Crippen LogP contribution in [0.1, 0.15) is 78.2 Å². The van der Waals surface area contributed by atoms with Gasteiger partial charge in [-0.05, 0) is 96.2 Å². The number of piperidine rings is 1. The van der Waals surface area contributed by atoms with Crippen LogP contribution in [0.15, 0.2) is 58.2 Å². The Kier molecular flexibility index (Phi) is 11.8. The zero-order chi connectivity index (χ0) is 27.5. The minimum atomic E-state index is -0.288. The molecule has 1 N–H and O–H groups in total. The number of hydrogen-bond donors (Lipinski definition) is 1. The van der Waals surface area contributed by atoms with Crippen LogP contribution >= 0.6 is 0 Å². The average Bonchev–Trinajstić information content (AvgIpc) is 2.86. The average molecular weight is 523 g/mol. The van der Waals surface area contributed by atoms with Gasteiger partial charge < -0.3 is 15.0 Å². The van der Waals surface area contributed by atoms with Gasteiger partial charge in [-0.3, -0.25) is 9.98 Å². The summed E-state index contributed by atoms with van der Waals surface area (Å²) in [7, 11) is 1.85. The molecular formula is C32H47FN4O. The molecule has 1 aliphatic carbocycles. The fraction of sp³-hybridized carbons (Fsp3) is 0.562. The molecule has 1 atom stereocenters. The molecule has 1 saturated carbocycles. The van der Waals surface area contributed by atoms with E-state index < -0.39 is 0 Å². The quantitative estimate of drug-likeness (QED) is 0.220. The number of halogens is 1. The van der Waals surface area contributed by atoms with E-state index in [0.717, 1.165) is 62.4 Å². The van der Waals surface area contributed by atoms with Crippen molar-refractivity contribution in [3.63, 3.8) is 0 Å². The Bertz CT molecular complexity index is 1060. The minimum Gasteiger partial charge on any atom is -0.492 e. The number of likely N-dealkylation sites (tertiary alicyclic amines) is 1. The first-order chi connectivity index (χ1) is 18.3. The molecule has 2 fully saturated rings. The first-order valence-corrected chi connectivity index (χ1v) is 14.3. The Morgan fingerprint density at radius 3 is 2.55 bits per heavy atom. The fourth-order valence-electron chi connectivity index (χ4n) is 5.11. The van der Waals surface area contributed by atoms with Gasteiger partial charge in [0.15, 0.2) is 0 Å². The molecule has 1 aliphatic heterocycles. The van der Waals surface area contributed by atoms with E-state index in [2.05, 4.69) is 56.6 Å². The van der Waals surface area contributed by atoms with Crippen molar-refractivity contribution in [1.82, 2.24) is 10.2 Å². The van der Waals surface area contributed by atoms with Crippen molar-refractivity contribution >= 4 is 17.1 Å². The second-order valence-corrected chi connectivity index (χ2v) is 10.7. The van der Waals surface area contributed by atoms with Crippen molar-refractivity contribution in [3.05, 3.63) is 59.6 Å². The van der Waals surface area contributed by atoms with Gasteiger partial charge in [0.1, 0.15) is 18.2 Å². The van der Waals surface area contributed by atoms with Crippen LogP contribution in [0.5, 0.6) is 5.75 Å². The number of benzene rings is 1. The summed E-state index contributed by atoms with van der Waals surface area (Å²) in [6.07, 6.45) is 12.3. The highest BCUT2D eigenvalue weighted by atomic mass is 19.1. The zero-order valence-electron chi connectivity index (χ0n) is 24.2. The molecule has 0 aromatic heterocycles. The third kappa shape index (κ3) is 8.39. The molecule has 6 heteroatoms. The van der Waals surface area contributed by atoms with Crippen LogP contribution in [0.3, 0.4) is 0 Å². The van der Waals surface area contributed by atoms with Gasteiger partial charge in [-0.25, -0.2) is 4.39 Å². The van der Waals surface area contributed by atoms with Crippen molar-refractivity contribution in [1.29, 1.82) is 0 Å². The maximum atomic E-state index is 14.4. The summed E-state index contributed by atoms with van der Waals surface area (Å²) in [5, 5.41) is 3.35. The van der Waals surface area contributed by atoms with Crippen molar-refractivity contribution in [3.8, 4) is 5.75 Å². The predicted octanol–water partition coefficient (Wildman–Crippen LogP) is 7.21. The van der Waals surface area contributed by atoms with Crippen LogP contribution in [0, 0.1) is 11.7 Å². The molecular weight excluding hydrogens is 475 g/mol. The molecule has 0 radical (unpaired) electrons. The summed E-state index contributed by atoms with van der Waals surface area (Å²) in [5.74, 6) is 0.936. The Morgan fingerprint density at radius 1 is 1.11 bits per heavy atom. The second-order valence-electron chi connectivity index (χ2n) is 10.7. The lowest BCUT2D eigenvalue weighted by atomic mass is 9.81. The lowest BCUT2D eigenvalue weighted by Gasteiger charge is -2.39. The van der Waals surface area contributed by atoms with Gasteiger partial charge in [-0.15, -0.1) is 0 Å². The van der Waals surface area contributed by atoms with E-state index >= 15 is 0 Å². The molecule has 0 amide bonds. The highest BCUT2D eigenvalue weighted by Gasteiger charge is 2.29. The Balaban J connectivity index is 1.83. The summed E-state index contributed by atoms with van der Waals surface area (Å²) in [4.78, 5) is 12.0. The van der Waals surface area contributed by atoms with Crippen LogP contribution in [0.25, 0.3) is 5.70 Å². The number of nitrogens with one attached hydrogen (secondary N) is 1. The lowest BCUT2D eigenvalue weighted by Crippen LogP contribution is -2.43. The van der Waals surface area contributed by atoms with Gasteiger partial charge in [-0.1, -0.05) is 25.5 Å². The largest absolute Gasteiger partial charge is 0.492 e. The van der Waals surface area contributed by atoms with Gasteiger partial charge in [0.05, 0.1) is 11.8 Å². The SMILES string of the molecule is C=C(c1cc(F)ccc1OCCNCCC)N1CCCCC1C(/C=C(C)/N=C(\C=C(C)C)C1CCC1)=N/C. The maximum absolute atomic E-state index is 14.4. The summed E-state index contributed by atoms with van der Waals surface area (Å²) in [5.41, 5.74) is 5.89. The first kappa shape index (κ1) is 29.8. The maximum Gasteiger partial charge on any atom is 0.128 e. The number of rotatable bonds is 13. The molecule has 1 aromatic carbocycles. The van der Waals surface area contributed by atoms with Crippen LogP contribution in [-0.2, 0) is 0 Å². The number of nitrogens with zero attached hydrogens (tertiary/aromatic N) is 3. The minimum absolute atomic E-state index is 0.0596. The highest BCUT2D eigenvalue weighted by molar-refractivity contribution is 6.02. The molecule has 0 bridgehead atoms. The summed E-state index contributed by atoms with van der Waals surface area (Å²) >= 11 is 0. The van der Waals surface area contributed by atoms with E-state index in [9.17, 15) is 4.39 Å². The number of allylic oxidation sites excluding steroid dienone is 3. The first-order valence-electron chi connectivity index (χ1n) is 14.3. The molecule has 1 aromatic rings. The summed E-state index contributed by atoms with van der Waals surface area (Å²) < 4.78 is 20.5. The van der Waals surface area contributed by atoms with Crippen molar-refractivity contribution in [2.24, 2.45) is 15.9 Å². The molecule has 38 heavy (non-hydrogen) atoms. The van der Waals surface area contributed by atoms with E-state index in [0.29, 0.717) is 23.8 Å². The van der Waals surface area contributed by atoms with Crippen molar-refractivity contribution < 1.29 is 9.13 Å². The van der Waals surface area contributed by atoms with Crippen molar-refractivity contribution in [2.45, 2.75) is 78.7 Å². The molecule has 1 unspecified atom stereocenters. The number of aliphatic imine (C=N–C) groups is 2. The monoisotopic (exact) mass is 522 g/mol. The smallest absolute Gasteiger partial charge is 0.128 e. The van der Waals surface area contributed by atoms with Gasteiger partial charge in [0, 0.05) is 48.7 Å². The van der Waals surface area contributed by atoms with E-state index in [-0.39, 0.29) is 11.9 Å². The van der Waals surface area contributed by atoms with Crippen LogP contribution in [-0.4, -0.2) is 55.7 Å². The standard InChI is InChI=1S/C32H47FN4O/c1-7-16-35-17-19-38-32-15-14-27(33)22-28(32)25(5)37-18-9-8-13-31(37)30(34-6)21-24(4)36-29(20-23(2)3)26-11-10-12-26/h14-15,20-22,26,31,35H,5,7-13,16-19H2,1-4,6H3/b24-21+,34-30+,36-29+. The third-order valence-corrected chi connectivity index (χ3v) is 7.29. The Labute approximate surface area is 229 Å². The second kappa shape index (κ2) is 15.0. The lowest BCUT2D eigenvalue weighted by molar-refractivity contribution is 0.278. The molecule has 208 valence electrons. The van der Waals surface area contributed by atoms with Gasteiger partial charge in [0.25, 0.3) is 0 Å².